The minimum atomic E-state index is -3.04. The van der Waals surface area contributed by atoms with E-state index in [1.165, 1.54) is 0 Å². The van der Waals surface area contributed by atoms with Crippen molar-refractivity contribution >= 4 is 5.97 Å². The fourth-order valence-electron chi connectivity index (χ4n) is 7.98. The molecule has 29 heavy (non-hydrogen) atoms. The molecule has 0 heterocycles. The van der Waals surface area contributed by atoms with Crippen LogP contribution in [0.4, 0.5) is 0 Å². The number of fused-ring (bicyclic) bond motifs is 5. The van der Waals surface area contributed by atoms with Gasteiger partial charge in [0.25, 0.3) is 0 Å². The Morgan fingerprint density at radius 1 is 1.07 bits per heavy atom. The number of carbonyl (C=O) groups is 1. The predicted molar refractivity (Wildman–Crippen MR) is 110 cm³/mol. The Kier molecular flexibility index (Phi) is 4.15. The maximum Gasteiger partial charge on any atom is 0.303 e. The fraction of sp³-hybridized carbons (Fsp3) is 0.958. The Balaban J connectivity index is 1.70. The molecule has 0 aromatic heterocycles. The summed E-state index contributed by atoms with van der Waals surface area (Å²) in [5.74, 6) is -2.12. The van der Waals surface area contributed by atoms with Crippen LogP contribution in [0.2, 0.25) is 0 Å². The van der Waals surface area contributed by atoms with E-state index < -0.39 is 48.3 Å². The van der Waals surface area contributed by atoms with Gasteiger partial charge in [-0.2, -0.15) is 0 Å². The number of aliphatic hydroxyl groups excluding tert-OH is 2. The lowest BCUT2D eigenvalue weighted by Gasteiger charge is -2.63. The van der Waals surface area contributed by atoms with Crippen molar-refractivity contribution in [1.82, 2.24) is 0 Å². The zero-order valence-electron chi connectivity index (χ0n) is 22.8. The standard InChI is InChI=1S/C24H40O5/c1-13(4-7-19(26)27)15-5-6-16-20-17(9-11-23(15,16)2)24(3)10-8-14(25)12-18(24)21(28)22(20)29/h13-18,20-22,25,28-29H,4-12H2,1-3H3,(H,26,27)/t13-,14-,15-,16+,17+,18+,20+,21-,22+,23-,24-/m1/s1/i8D2,12D2,14D. The molecule has 0 bridgehead atoms. The molecular weight excluding hydrogens is 368 g/mol. The van der Waals surface area contributed by atoms with Crippen molar-refractivity contribution in [1.29, 1.82) is 0 Å². The highest BCUT2D eigenvalue weighted by Crippen LogP contribution is 2.68. The van der Waals surface area contributed by atoms with Gasteiger partial charge < -0.3 is 20.4 Å². The van der Waals surface area contributed by atoms with E-state index in [1.54, 1.807) is 6.92 Å². The van der Waals surface area contributed by atoms with Crippen LogP contribution in [0.3, 0.4) is 0 Å². The summed E-state index contributed by atoms with van der Waals surface area (Å²) >= 11 is 0. The first-order valence-corrected chi connectivity index (χ1v) is 11.2. The van der Waals surface area contributed by atoms with Crippen LogP contribution >= 0.6 is 0 Å². The Bertz CT molecular complexity index is 837. The highest BCUT2D eigenvalue weighted by atomic mass is 16.4. The second-order valence-corrected chi connectivity index (χ2v) is 10.7. The molecule has 4 rings (SSSR count). The molecule has 166 valence electrons. The molecule has 0 aromatic carbocycles. The average molecular weight is 414 g/mol. The molecule has 0 spiro atoms. The van der Waals surface area contributed by atoms with Crippen LogP contribution in [-0.4, -0.2) is 44.7 Å². The van der Waals surface area contributed by atoms with Crippen LogP contribution in [0.25, 0.3) is 0 Å². The van der Waals surface area contributed by atoms with Gasteiger partial charge in [0.1, 0.15) is 0 Å². The lowest BCUT2D eigenvalue weighted by Crippen LogP contribution is -2.64. The van der Waals surface area contributed by atoms with Gasteiger partial charge in [-0.25, -0.2) is 0 Å². The van der Waals surface area contributed by atoms with Crippen molar-refractivity contribution in [2.24, 2.45) is 46.3 Å². The van der Waals surface area contributed by atoms with Crippen LogP contribution in [0, 0.1) is 46.3 Å². The van der Waals surface area contributed by atoms with Gasteiger partial charge in [-0.05, 0) is 97.6 Å². The maximum atomic E-state index is 11.4. The Morgan fingerprint density at radius 3 is 2.45 bits per heavy atom. The summed E-state index contributed by atoms with van der Waals surface area (Å²) in [6.45, 7) is 6.08. The number of aliphatic carboxylic acids is 1. The maximum absolute atomic E-state index is 11.4. The zero-order valence-corrected chi connectivity index (χ0v) is 17.8. The molecule has 0 aromatic rings. The molecule has 4 N–H and O–H groups in total. The summed E-state index contributed by atoms with van der Waals surface area (Å²) in [7, 11) is 0. The third-order valence-electron chi connectivity index (χ3n) is 9.48. The molecule has 0 amide bonds. The van der Waals surface area contributed by atoms with E-state index in [0.717, 1.165) is 19.3 Å². The number of carboxylic acids is 1. The lowest BCUT2D eigenvalue weighted by atomic mass is 9.43. The van der Waals surface area contributed by atoms with E-state index in [1.807, 2.05) is 0 Å². The summed E-state index contributed by atoms with van der Waals surface area (Å²) in [6, 6.07) is 0. The van der Waals surface area contributed by atoms with E-state index in [9.17, 15) is 20.1 Å². The zero-order chi connectivity index (χ0) is 25.6. The van der Waals surface area contributed by atoms with Gasteiger partial charge in [0.2, 0.25) is 0 Å². The van der Waals surface area contributed by atoms with Gasteiger partial charge in [0, 0.05) is 11.9 Å². The fourth-order valence-corrected chi connectivity index (χ4v) is 7.98. The summed E-state index contributed by atoms with van der Waals surface area (Å²) < 4.78 is 42.2. The van der Waals surface area contributed by atoms with Crippen molar-refractivity contribution in [3.63, 3.8) is 0 Å². The average Bonchev–Trinajstić information content (AvgIpc) is 3.05. The molecule has 4 aliphatic carbocycles. The SMILES string of the molecule is [2H]C1([2H])C[C@@]2(C)[C@H]([C@@H](O)[C@@H](O)[C@@H]3[C@@H]2CC[C@]2(C)[C@@H]([C@H](C)CCC(=O)O)CC[C@@H]32)C([2H])([2H])[C@]1([2H])O. The van der Waals surface area contributed by atoms with Crippen molar-refractivity contribution < 1.29 is 32.1 Å². The van der Waals surface area contributed by atoms with Crippen LogP contribution in [0.15, 0.2) is 0 Å². The van der Waals surface area contributed by atoms with Crippen LogP contribution in [0.1, 0.15) is 85.3 Å². The number of hydrogen-bond acceptors (Lipinski definition) is 4. The van der Waals surface area contributed by atoms with Crippen LogP contribution in [0.5, 0.6) is 0 Å². The normalized spacial score (nSPS) is 61.4. The molecular formula is C24H40O5. The van der Waals surface area contributed by atoms with Crippen LogP contribution < -0.4 is 0 Å². The predicted octanol–water partition coefficient (Wildman–Crippen LogP) is 3.45. The van der Waals surface area contributed by atoms with E-state index in [-0.39, 0.29) is 47.8 Å². The number of carboxylic acid groups (broad SMARTS) is 1. The number of hydrogen-bond donors (Lipinski definition) is 4. The first-order chi connectivity index (χ1) is 15.4. The quantitative estimate of drug-likeness (QED) is 0.566. The summed E-state index contributed by atoms with van der Waals surface area (Å²) in [5.41, 5.74) is -1.18. The molecule has 0 unspecified atom stereocenters. The molecule has 0 aliphatic heterocycles. The van der Waals surface area contributed by atoms with Crippen molar-refractivity contribution in [2.45, 2.75) is 96.8 Å². The third-order valence-corrected chi connectivity index (χ3v) is 9.48. The summed E-state index contributed by atoms with van der Waals surface area (Å²) in [5, 5.41) is 42.4. The molecule has 11 atom stereocenters. The first kappa shape index (κ1) is 16.0. The van der Waals surface area contributed by atoms with E-state index in [4.69, 9.17) is 12.0 Å². The second kappa shape index (κ2) is 7.49. The van der Waals surface area contributed by atoms with Gasteiger partial charge in [0.05, 0.1) is 19.7 Å². The van der Waals surface area contributed by atoms with Gasteiger partial charge in [0.15, 0.2) is 0 Å². The van der Waals surface area contributed by atoms with E-state index in [0.29, 0.717) is 12.8 Å². The van der Waals surface area contributed by atoms with Crippen LogP contribution in [-0.2, 0) is 4.79 Å². The van der Waals surface area contributed by atoms with Crippen molar-refractivity contribution in [3.05, 3.63) is 0 Å². The second-order valence-electron chi connectivity index (χ2n) is 10.7. The molecule has 4 fully saturated rings. The molecule has 4 saturated carbocycles. The Morgan fingerprint density at radius 2 is 1.76 bits per heavy atom. The Hall–Kier alpha value is -0.650. The summed E-state index contributed by atoms with van der Waals surface area (Å²) in [6.07, 6.45) is -7.42. The first-order valence-electron chi connectivity index (χ1n) is 13.7. The molecule has 5 nitrogen and oxygen atoms in total. The third kappa shape index (κ3) is 3.27. The smallest absolute Gasteiger partial charge is 0.303 e. The highest BCUT2D eigenvalue weighted by Gasteiger charge is 2.65. The minimum absolute atomic E-state index is 0.0551. The molecule has 0 saturated heterocycles. The minimum Gasteiger partial charge on any atom is -0.481 e. The summed E-state index contributed by atoms with van der Waals surface area (Å²) in [4.78, 5) is 11.1. The Labute approximate surface area is 181 Å². The van der Waals surface area contributed by atoms with Gasteiger partial charge in [-0.1, -0.05) is 20.8 Å². The van der Waals surface area contributed by atoms with Gasteiger partial charge in [-0.3, -0.25) is 4.79 Å². The van der Waals surface area contributed by atoms with E-state index >= 15 is 0 Å². The topological polar surface area (TPSA) is 98.0 Å². The number of aliphatic hydroxyl groups is 3. The molecule has 0 radical (unpaired) electrons. The van der Waals surface area contributed by atoms with E-state index in [2.05, 4.69) is 13.8 Å². The lowest BCUT2D eigenvalue weighted by molar-refractivity contribution is -0.223. The molecule has 5 heteroatoms. The van der Waals surface area contributed by atoms with Gasteiger partial charge >= 0.3 is 5.97 Å². The van der Waals surface area contributed by atoms with Crippen molar-refractivity contribution in [3.8, 4) is 0 Å². The highest BCUT2D eigenvalue weighted by molar-refractivity contribution is 5.66. The number of rotatable bonds is 4. The largest absolute Gasteiger partial charge is 0.481 e. The van der Waals surface area contributed by atoms with Crippen molar-refractivity contribution in [2.75, 3.05) is 0 Å². The molecule has 4 aliphatic rings. The van der Waals surface area contributed by atoms with Gasteiger partial charge in [-0.15, -0.1) is 0 Å². The monoisotopic (exact) mass is 413 g/mol.